The SMILES string of the molecule is CC(C)C1C(=O)NCCN1C(=O)CCc1ccccc1N. The quantitative estimate of drug-likeness (QED) is 0.817. The Balaban J connectivity index is 2.02. The molecular weight excluding hydrogens is 266 g/mol. The third-order valence-electron chi connectivity index (χ3n) is 3.87. The molecule has 3 N–H and O–H groups in total. The van der Waals surface area contributed by atoms with Gasteiger partial charge in [0.15, 0.2) is 0 Å². The summed E-state index contributed by atoms with van der Waals surface area (Å²) < 4.78 is 0. The molecule has 1 fully saturated rings. The number of nitrogens with zero attached hydrogens (tertiary/aromatic N) is 1. The summed E-state index contributed by atoms with van der Waals surface area (Å²) in [5.41, 5.74) is 7.58. The van der Waals surface area contributed by atoms with Gasteiger partial charge in [-0.05, 0) is 24.0 Å². The fourth-order valence-corrected chi connectivity index (χ4v) is 2.77. The average Bonchev–Trinajstić information content (AvgIpc) is 2.45. The van der Waals surface area contributed by atoms with Crippen molar-refractivity contribution in [2.45, 2.75) is 32.7 Å². The van der Waals surface area contributed by atoms with E-state index in [0.717, 1.165) is 5.56 Å². The van der Waals surface area contributed by atoms with Gasteiger partial charge in [0.2, 0.25) is 11.8 Å². The summed E-state index contributed by atoms with van der Waals surface area (Å²) in [6, 6.07) is 7.21. The molecule has 1 aliphatic heterocycles. The molecule has 0 saturated carbocycles. The summed E-state index contributed by atoms with van der Waals surface area (Å²) in [6.07, 6.45) is 0.985. The number of aryl methyl sites for hydroxylation is 1. The lowest BCUT2D eigenvalue weighted by Crippen LogP contribution is -2.59. The number of nitrogen functional groups attached to an aromatic ring is 1. The number of nitrogens with two attached hydrogens (primary N) is 1. The summed E-state index contributed by atoms with van der Waals surface area (Å²) in [6.45, 7) is 5.04. The number of anilines is 1. The molecule has 5 heteroatoms. The molecule has 0 radical (unpaired) electrons. The van der Waals surface area contributed by atoms with Crippen molar-refractivity contribution in [3.63, 3.8) is 0 Å². The molecule has 2 amide bonds. The van der Waals surface area contributed by atoms with E-state index in [0.29, 0.717) is 31.6 Å². The number of carbonyl (C=O) groups excluding carboxylic acids is 2. The van der Waals surface area contributed by atoms with Crippen LogP contribution in [0.2, 0.25) is 0 Å². The molecule has 114 valence electrons. The van der Waals surface area contributed by atoms with Crippen LogP contribution in [0.25, 0.3) is 0 Å². The first-order valence-corrected chi connectivity index (χ1v) is 7.41. The lowest BCUT2D eigenvalue weighted by molar-refractivity contribution is -0.145. The van der Waals surface area contributed by atoms with Crippen LogP contribution in [0.15, 0.2) is 24.3 Å². The lowest BCUT2D eigenvalue weighted by atomic mass is 9.98. The van der Waals surface area contributed by atoms with Gasteiger partial charge < -0.3 is 16.0 Å². The molecule has 1 aromatic carbocycles. The Hall–Kier alpha value is -2.04. The zero-order valence-corrected chi connectivity index (χ0v) is 12.6. The largest absolute Gasteiger partial charge is 0.399 e. The van der Waals surface area contributed by atoms with Gasteiger partial charge in [-0.3, -0.25) is 9.59 Å². The smallest absolute Gasteiger partial charge is 0.243 e. The van der Waals surface area contributed by atoms with Crippen molar-refractivity contribution in [2.24, 2.45) is 5.92 Å². The first-order chi connectivity index (χ1) is 10.0. The number of nitrogens with one attached hydrogen (secondary N) is 1. The second kappa shape index (κ2) is 6.61. The number of amides is 2. The van der Waals surface area contributed by atoms with Crippen LogP contribution in [0.1, 0.15) is 25.8 Å². The van der Waals surface area contributed by atoms with Crippen LogP contribution in [0, 0.1) is 5.92 Å². The van der Waals surface area contributed by atoms with E-state index in [-0.39, 0.29) is 23.8 Å². The van der Waals surface area contributed by atoms with Gasteiger partial charge in [0, 0.05) is 25.2 Å². The fraction of sp³-hybridized carbons (Fsp3) is 0.500. The predicted octanol–water partition coefficient (Wildman–Crippen LogP) is 1.18. The normalized spacial score (nSPS) is 18.7. The van der Waals surface area contributed by atoms with Crippen molar-refractivity contribution in [3.8, 4) is 0 Å². The van der Waals surface area contributed by atoms with Crippen molar-refractivity contribution in [3.05, 3.63) is 29.8 Å². The molecule has 21 heavy (non-hydrogen) atoms. The molecule has 1 atom stereocenters. The minimum Gasteiger partial charge on any atom is -0.399 e. The molecule has 0 bridgehead atoms. The van der Waals surface area contributed by atoms with Crippen molar-refractivity contribution >= 4 is 17.5 Å². The highest BCUT2D eigenvalue weighted by atomic mass is 16.2. The first-order valence-electron chi connectivity index (χ1n) is 7.41. The van der Waals surface area contributed by atoms with Crippen LogP contribution in [0.3, 0.4) is 0 Å². The summed E-state index contributed by atoms with van der Waals surface area (Å²) in [4.78, 5) is 26.1. The van der Waals surface area contributed by atoms with Crippen LogP contribution < -0.4 is 11.1 Å². The van der Waals surface area contributed by atoms with Crippen LogP contribution in [-0.4, -0.2) is 35.8 Å². The number of hydrogen-bond donors (Lipinski definition) is 2. The Morgan fingerprint density at radius 2 is 2.14 bits per heavy atom. The van der Waals surface area contributed by atoms with Gasteiger partial charge in [0.1, 0.15) is 6.04 Å². The summed E-state index contributed by atoms with van der Waals surface area (Å²) >= 11 is 0. The van der Waals surface area contributed by atoms with E-state index < -0.39 is 0 Å². The monoisotopic (exact) mass is 289 g/mol. The van der Waals surface area contributed by atoms with E-state index in [1.165, 1.54) is 0 Å². The van der Waals surface area contributed by atoms with E-state index in [1.807, 2.05) is 38.1 Å². The molecule has 2 rings (SSSR count). The highest BCUT2D eigenvalue weighted by Crippen LogP contribution is 2.18. The van der Waals surface area contributed by atoms with E-state index in [1.54, 1.807) is 4.90 Å². The van der Waals surface area contributed by atoms with Crippen LogP contribution in [0.5, 0.6) is 0 Å². The van der Waals surface area contributed by atoms with E-state index in [4.69, 9.17) is 5.73 Å². The average molecular weight is 289 g/mol. The molecule has 1 heterocycles. The van der Waals surface area contributed by atoms with Gasteiger partial charge in [-0.1, -0.05) is 32.0 Å². The van der Waals surface area contributed by atoms with Gasteiger partial charge in [-0.15, -0.1) is 0 Å². The zero-order chi connectivity index (χ0) is 15.4. The molecule has 5 nitrogen and oxygen atoms in total. The number of piperazine rings is 1. The lowest BCUT2D eigenvalue weighted by Gasteiger charge is -2.37. The molecule has 0 aliphatic carbocycles. The number of rotatable bonds is 4. The molecule has 1 unspecified atom stereocenters. The fourth-order valence-electron chi connectivity index (χ4n) is 2.77. The Labute approximate surface area is 125 Å². The highest BCUT2D eigenvalue weighted by Gasteiger charge is 2.34. The Morgan fingerprint density at radius 3 is 2.81 bits per heavy atom. The Kier molecular flexibility index (Phi) is 4.83. The number of hydrogen-bond acceptors (Lipinski definition) is 3. The molecule has 1 aliphatic rings. The van der Waals surface area contributed by atoms with Crippen molar-refractivity contribution < 1.29 is 9.59 Å². The maximum Gasteiger partial charge on any atom is 0.243 e. The van der Waals surface area contributed by atoms with Gasteiger partial charge >= 0.3 is 0 Å². The van der Waals surface area contributed by atoms with E-state index in [2.05, 4.69) is 5.32 Å². The number of carbonyl (C=O) groups is 2. The summed E-state index contributed by atoms with van der Waals surface area (Å²) in [7, 11) is 0. The first kappa shape index (κ1) is 15.4. The van der Waals surface area contributed by atoms with Crippen molar-refractivity contribution in [1.82, 2.24) is 10.2 Å². The topological polar surface area (TPSA) is 75.4 Å². The maximum atomic E-state index is 12.4. The van der Waals surface area contributed by atoms with E-state index >= 15 is 0 Å². The maximum absolute atomic E-state index is 12.4. The summed E-state index contributed by atoms with van der Waals surface area (Å²) in [5, 5.41) is 2.83. The van der Waals surface area contributed by atoms with Crippen LogP contribution in [0.4, 0.5) is 5.69 Å². The molecule has 1 aromatic rings. The Morgan fingerprint density at radius 1 is 1.43 bits per heavy atom. The number of para-hydroxylation sites is 1. The zero-order valence-electron chi connectivity index (χ0n) is 12.6. The van der Waals surface area contributed by atoms with Crippen molar-refractivity contribution in [1.29, 1.82) is 0 Å². The van der Waals surface area contributed by atoms with Gasteiger partial charge in [0.25, 0.3) is 0 Å². The minimum absolute atomic E-state index is 0.0202. The highest BCUT2D eigenvalue weighted by molar-refractivity contribution is 5.89. The minimum atomic E-state index is -0.362. The third kappa shape index (κ3) is 3.54. The molecule has 0 aromatic heterocycles. The van der Waals surface area contributed by atoms with Crippen LogP contribution in [-0.2, 0) is 16.0 Å². The molecule has 1 saturated heterocycles. The predicted molar refractivity (Wildman–Crippen MR) is 82.5 cm³/mol. The Bertz CT molecular complexity index is 528. The second-order valence-corrected chi connectivity index (χ2v) is 5.77. The molecular formula is C16H23N3O2. The van der Waals surface area contributed by atoms with Gasteiger partial charge in [-0.25, -0.2) is 0 Å². The number of benzene rings is 1. The second-order valence-electron chi connectivity index (χ2n) is 5.77. The standard InChI is InChI=1S/C16H23N3O2/c1-11(2)15-16(21)18-9-10-19(15)14(20)8-7-12-5-3-4-6-13(12)17/h3-6,11,15H,7-10,17H2,1-2H3,(H,18,21). The summed E-state index contributed by atoms with van der Waals surface area (Å²) in [5.74, 6) is 0.0756. The molecule has 0 spiro atoms. The van der Waals surface area contributed by atoms with Gasteiger partial charge in [-0.2, -0.15) is 0 Å². The van der Waals surface area contributed by atoms with Crippen molar-refractivity contribution in [2.75, 3.05) is 18.8 Å². The van der Waals surface area contributed by atoms with E-state index in [9.17, 15) is 9.59 Å². The van der Waals surface area contributed by atoms with Crippen LogP contribution >= 0.6 is 0 Å². The third-order valence-corrected chi connectivity index (χ3v) is 3.87. The van der Waals surface area contributed by atoms with Gasteiger partial charge in [0.05, 0.1) is 0 Å².